The van der Waals surface area contributed by atoms with Gasteiger partial charge in [0.25, 0.3) is 0 Å². The van der Waals surface area contributed by atoms with E-state index >= 15 is 0 Å². The fourth-order valence-corrected chi connectivity index (χ4v) is 1.87. The van der Waals surface area contributed by atoms with Crippen molar-refractivity contribution in [3.8, 4) is 0 Å². The molecule has 0 radical (unpaired) electrons. The van der Waals surface area contributed by atoms with Crippen molar-refractivity contribution in [1.82, 2.24) is 10.3 Å². The van der Waals surface area contributed by atoms with Gasteiger partial charge in [0.1, 0.15) is 0 Å². The molecule has 0 aliphatic rings. The van der Waals surface area contributed by atoms with Crippen LogP contribution in [0.1, 0.15) is 5.69 Å². The van der Waals surface area contributed by atoms with E-state index in [9.17, 15) is 4.79 Å². The molecule has 2 rings (SSSR count). The van der Waals surface area contributed by atoms with Crippen LogP contribution in [0.5, 0.6) is 0 Å². The van der Waals surface area contributed by atoms with Gasteiger partial charge < -0.3 is 10.6 Å². The van der Waals surface area contributed by atoms with Crippen molar-refractivity contribution in [2.24, 2.45) is 0 Å². The summed E-state index contributed by atoms with van der Waals surface area (Å²) in [5, 5.41) is 7.76. The van der Waals surface area contributed by atoms with Crippen LogP contribution in [-0.4, -0.2) is 17.4 Å². The van der Waals surface area contributed by atoms with Gasteiger partial charge in [-0.05, 0) is 12.1 Å². The molecule has 1 aromatic carbocycles. The maximum absolute atomic E-state index is 11.5. The summed E-state index contributed by atoms with van der Waals surface area (Å²) in [4.78, 5) is 15.6. The van der Waals surface area contributed by atoms with Crippen molar-refractivity contribution >= 4 is 22.9 Å². The van der Waals surface area contributed by atoms with Crippen molar-refractivity contribution < 1.29 is 4.79 Å². The first-order valence-corrected chi connectivity index (χ1v) is 6.21. The van der Waals surface area contributed by atoms with E-state index in [4.69, 9.17) is 0 Å². The van der Waals surface area contributed by atoms with E-state index in [1.165, 1.54) is 11.3 Å². The number of carbonyl (C=O) groups is 1. The second-order valence-electron chi connectivity index (χ2n) is 3.48. The summed E-state index contributed by atoms with van der Waals surface area (Å²) >= 11 is 1.52. The van der Waals surface area contributed by atoms with Crippen LogP contribution in [0.25, 0.3) is 0 Å². The molecule has 0 bridgehead atoms. The Bertz CT molecular complexity index is 456. The maximum atomic E-state index is 11.5. The van der Waals surface area contributed by atoms with Crippen molar-refractivity contribution in [2.75, 3.05) is 11.9 Å². The average Bonchev–Trinajstić information content (AvgIpc) is 2.88. The van der Waals surface area contributed by atoms with Gasteiger partial charge in [-0.15, -0.1) is 11.3 Å². The standard InChI is InChI=1S/C12H13N3OS/c16-12(14-6-11-8-17-9-15-11)7-13-10-4-2-1-3-5-10/h1-5,8-9,13H,6-7H2,(H,14,16). The predicted octanol–water partition coefficient (Wildman–Crippen LogP) is 1.87. The molecule has 88 valence electrons. The van der Waals surface area contributed by atoms with Crippen molar-refractivity contribution in [1.29, 1.82) is 0 Å². The van der Waals surface area contributed by atoms with Crippen LogP contribution in [0.4, 0.5) is 5.69 Å². The van der Waals surface area contributed by atoms with Gasteiger partial charge in [0.15, 0.2) is 0 Å². The highest BCUT2D eigenvalue weighted by Gasteiger charge is 2.01. The van der Waals surface area contributed by atoms with E-state index < -0.39 is 0 Å². The smallest absolute Gasteiger partial charge is 0.239 e. The summed E-state index contributed by atoms with van der Waals surface area (Å²) in [6.07, 6.45) is 0. The molecule has 0 aliphatic heterocycles. The molecule has 0 unspecified atom stereocenters. The molecule has 2 N–H and O–H groups in total. The summed E-state index contributed by atoms with van der Waals surface area (Å²) in [7, 11) is 0. The van der Waals surface area contributed by atoms with E-state index in [0.717, 1.165) is 11.4 Å². The van der Waals surface area contributed by atoms with Crippen LogP contribution in [0.3, 0.4) is 0 Å². The number of anilines is 1. The highest BCUT2D eigenvalue weighted by Crippen LogP contribution is 2.04. The molecule has 5 heteroatoms. The lowest BCUT2D eigenvalue weighted by atomic mass is 10.3. The third-order valence-corrected chi connectivity index (χ3v) is 2.81. The topological polar surface area (TPSA) is 54.0 Å². The van der Waals surface area contributed by atoms with E-state index in [-0.39, 0.29) is 12.5 Å². The largest absolute Gasteiger partial charge is 0.376 e. The predicted molar refractivity (Wildman–Crippen MR) is 68.9 cm³/mol. The van der Waals surface area contributed by atoms with E-state index in [1.807, 2.05) is 35.7 Å². The number of nitrogens with zero attached hydrogens (tertiary/aromatic N) is 1. The Morgan fingerprint density at radius 1 is 1.29 bits per heavy atom. The van der Waals surface area contributed by atoms with Crippen LogP contribution in [0.2, 0.25) is 0 Å². The highest BCUT2D eigenvalue weighted by atomic mass is 32.1. The molecule has 1 amide bonds. The van der Waals surface area contributed by atoms with Gasteiger partial charge >= 0.3 is 0 Å². The van der Waals surface area contributed by atoms with Gasteiger partial charge in [0.05, 0.1) is 24.3 Å². The normalized spacial score (nSPS) is 9.88. The SMILES string of the molecule is O=C(CNc1ccccc1)NCc1cscn1. The number of carbonyl (C=O) groups excluding carboxylic acids is 1. The van der Waals surface area contributed by atoms with Crippen molar-refractivity contribution in [3.05, 3.63) is 46.9 Å². The minimum Gasteiger partial charge on any atom is -0.376 e. The lowest BCUT2D eigenvalue weighted by Crippen LogP contribution is -2.29. The second kappa shape index (κ2) is 6.00. The first-order chi connectivity index (χ1) is 8.34. The van der Waals surface area contributed by atoms with Gasteiger partial charge in [0.2, 0.25) is 5.91 Å². The van der Waals surface area contributed by atoms with Crippen molar-refractivity contribution in [3.63, 3.8) is 0 Å². The van der Waals surface area contributed by atoms with Crippen molar-refractivity contribution in [2.45, 2.75) is 6.54 Å². The van der Waals surface area contributed by atoms with Gasteiger partial charge in [-0.3, -0.25) is 4.79 Å². The summed E-state index contributed by atoms with van der Waals surface area (Å²) in [6.45, 7) is 0.757. The van der Waals surface area contributed by atoms with Gasteiger partial charge in [-0.1, -0.05) is 18.2 Å². The van der Waals surface area contributed by atoms with Crippen LogP contribution in [0.15, 0.2) is 41.2 Å². The lowest BCUT2D eigenvalue weighted by molar-refractivity contribution is -0.119. The second-order valence-corrected chi connectivity index (χ2v) is 4.19. The summed E-state index contributed by atoms with van der Waals surface area (Å²) in [6, 6.07) is 9.64. The fourth-order valence-electron chi connectivity index (χ4n) is 1.31. The first-order valence-electron chi connectivity index (χ1n) is 5.27. The molecular formula is C12H13N3OS. The van der Waals surface area contributed by atoms with E-state index in [2.05, 4.69) is 15.6 Å². The number of benzene rings is 1. The molecule has 1 heterocycles. The van der Waals surface area contributed by atoms with Crippen LogP contribution >= 0.6 is 11.3 Å². The molecule has 4 nitrogen and oxygen atoms in total. The van der Waals surface area contributed by atoms with Gasteiger partial charge in [-0.2, -0.15) is 0 Å². The number of hydrogen-bond acceptors (Lipinski definition) is 4. The zero-order valence-electron chi connectivity index (χ0n) is 9.22. The quantitative estimate of drug-likeness (QED) is 0.848. The van der Waals surface area contributed by atoms with Crippen LogP contribution < -0.4 is 10.6 Å². The number of amides is 1. The van der Waals surface area contributed by atoms with E-state index in [1.54, 1.807) is 5.51 Å². The molecule has 1 aromatic heterocycles. The molecule has 0 spiro atoms. The molecule has 0 fully saturated rings. The summed E-state index contributed by atoms with van der Waals surface area (Å²) in [5.74, 6) is -0.0400. The number of thiazole rings is 1. The van der Waals surface area contributed by atoms with E-state index in [0.29, 0.717) is 6.54 Å². The number of para-hydroxylation sites is 1. The summed E-state index contributed by atoms with van der Waals surface area (Å²) < 4.78 is 0. The third-order valence-electron chi connectivity index (χ3n) is 2.18. The summed E-state index contributed by atoms with van der Waals surface area (Å²) in [5.41, 5.74) is 3.59. The Morgan fingerprint density at radius 2 is 2.12 bits per heavy atom. The highest BCUT2D eigenvalue weighted by molar-refractivity contribution is 7.07. The average molecular weight is 247 g/mol. The molecule has 17 heavy (non-hydrogen) atoms. The Morgan fingerprint density at radius 3 is 2.82 bits per heavy atom. The molecule has 0 saturated carbocycles. The number of nitrogens with one attached hydrogen (secondary N) is 2. The molecular weight excluding hydrogens is 234 g/mol. The monoisotopic (exact) mass is 247 g/mol. The Hall–Kier alpha value is -1.88. The van der Waals surface area contributed by atoms with Crippen LogP contribution in [0, 0.1) is 0 Å². The Balaban J connectivity index is 1.71. The van der Waals surface area contributed by atoms with Gasteiger partial charge in [-0.25, -0.2) is 4.98 Å². The first kappa shape index (κ1) is 11.6. The maximum Gasteiger partial charge on any atom is 0.239 e. The Labute approximate surface area is 104 Å². The van der Waals surface area contributed by atoms with Gasteiger partial charge in [0, 0.05) is 11.1 Å². The Kier molecular flexibility index (Phi) is 4.10. The van der Waals surface area contributed by atoms with Crippen LogP contribution in [-0.2, 0) is 11.3 Å². The lowest BCUT2D eigenvalue weighted by Gasteiger charge is -2.06. The minimum absolute atomic E-state index is 0.0400. The number of aromatic nitrogens is 1. The third kappa shape index (κ3) is 3.88. The molecule has 2 aromatic rings. The minimum atomic E-state index is -0.0400. The molecule has 0 saturated heterocycles. The zero-order valence-corrected chi connectivity index (χ0v) is 10.0. The molecule has 0 aliphatic carbocycles. The number of hydrogen-bond donors (Lipinski definition) is 2. The molecule has 0 atom stereocenters. The number of rotatable bonds is 5. The zero-order chi connectivity index (χ0) is 11.9. The fraction of sp³-hybridized carbons (Fsp3) is 0.167.